The van der Waals surface area contributed by atoms with Crippen molar-refractivity contribution in [3.05, 3.63) is 23.8 Å². The molecule has 0 radical (unpaired) electrons. The summed E-state index contributed by atoms with van der Waals surface area (Å²) >= 11 is 0. The monoisotopic (exact) mass is 280 g/mol. The topological polar surface area (TPSA) is 65.0 Å². The van der Waals surface area contributed by atoms with Gasteiger partial charge in [0, 0.05) is 38.8 Å². The Labute approximate surface area is 120 Å². The van der Waals surface area contributed by atoms with Gasteiger partial charge in [-0.1, -0.05) is 6.07 Å². The van der Waals surface area contributed by atoms with Crippen LogP contribution >= 0.6 is 0 Å². The average molecular weight is 280 g/mol. The van der Waals surface area contributed by atoms with Gasteiger partial charge >= 0.3 is 0 Å². The van der Waals surface area contributed by atoms with Gasteiger partial charge in [0.25, 0.3) is 0 Å². The minimum Gasteiger partial charge on any atom is -0.504 e. The molecule has 0 saturated carbocycles. The lowest BCUT2D eigenvalue weighted by Gasteiger charge is -2.35. The molecule has 1 fully saturated rings. The van der Waals surface area contributed by atoms with E-state index in [1.165, 1.54) is 0 Å². The Hall–Kier alpha value is -1.30. The van der Waals surface area contributed by atoms with E-state index in [1.54, 1.807) is 6.07 Å². The molecule has 1 aromatic carbocycles. The molecule has 5 heteroatoms. The maximum atomic E-state index is 9.79. The summed E-state index contributed by atoms with van der Waals surface area (Å²) < 4.78 is 5.45. The van der Waals surface area contributed by atoms with E-state index in [0.717, 1.165) is 31.7 Å². The van der Waals surface area contributed by atoms with E-state index < -0.39 is 0 Å². The van der Waals surface area contributed by atoms with Crippen molar-refractivity contribution in [2.45, 2.75) is 19.4 Å². The second-order valence-corrected chi connectivity index (χ2v) is 4.97. The number of aliphatic hydroxyl groups excluding tert-OH is 1. The molecule has 0 aromatic heterocycles. The third kappa shape index (κ3) is 3.62. The van der Waals surface area contributed by atoms with Crippen molar-refractivity contribution in [2.24, 2.45) is 0 Å². The lowest BCUT2D eigenvalue weighted by molar-refractivity contribution is 0.141. The number of ether oxygens (including phenoxy) is 1. The lowest BCUT2D eigenvalue weighted by Crippen LogP contribution is -2.45. The number of aromatic hydroxyl groups is 1. The number of phenols is 1. The van der Waals surface area contributed by atoms with Gasteiger partial charge in [-0.3, -0.25) is 4.90 Å². The van der Waals surface area contributed by atoms with Crippen LogP contribution in [0.3, 0.4) is 0 Å². The molecule has 1 heterocycles. The van der Waals surface area contributed by atoms with E-state index in [1.807, 2.05) is 19.1 Å². The van der Waals surface area contributed by atoms with Crippen LogP contribution in [0, 0.1) is 0 Å². The largest absolute Gasteiger partial charge is 0.504 e. The van der Waals surface area contributed by atoms with Crippen molar-refractivity contribution in [3.8, 4) is 11.5 Å². The molecule has 1 aromatic rings. The highest BCUT2D eigenvalue weighted by atomic mass is 16.5. The number of rotatable bonds is 6. The van der Waals surface area contributed by atoms with Gasteiger partial charge in [0.1, 0.15) is 0 Å². The van der Waals surface area contributed by atoms with Gasteiger partial charge in [-0.05, 0) is 31.0 Å². The van der Waals surface area contributed by atoms with E-state index in [2.05, 4.69) is 10.2 Å². The predicted molar refractivity (Wildman–Crippen MR) is 78.2 cm³/mol. The molecule has 1 aliphatic rings. The Morgan fingerprint density at radius 1 is 1.35 bits per heavy atom. The minimum atomic E-state index is 0.152. The van der Waals surface area contributed by atoms with Gasteiger partial charge in [0.2, 0.25) is 0 Å². The first-order valence-corrected chi connectivity index (χ1v) is 7.27. The fourth-order valence-electron chi connectivity index (χ4n) is 2.69. The van der Waals surface area contributed by atoms with Crippen LogP contribution in [0.25, 0.3) is 0 Å². The average Bonchev–Trinajstić information content (AvgIpc) is 2.48. The van der Waals surface area contributed by atoms with Crippen LogP contribution < -0.4 is 10.1 Å². The summed E-state index contributed by atoms with van der Waals surface area (Å²) in [5.41, 5.74) is 1.09. The van der Waals surface area contributed by atoms with Crippen LogP contribution in [-0.2, 0) is 0 Å². The molecule has 1 aliphatic heterocycles. The highest BCUT2D eigenvalue weighted by molar-refractivity contribution is 5.42. The molecule has 3 N–H and O–H groups in total. The van der Waals surface area contributed by atoms with Crippen LogP contribution in [0.2, 0.25) is 0 Å². The summed E-state index contributed by atoms with van der Waals surface area (Å²) in [6, 6.07) is 5.65. The zero-order chi connectivity index (χ0) is 14.4. The number of aliphatic hydroxyl groups is 1. The number of hydrogen-bond donors (Lipinski definition) is 3. The van der Waals surface area contributed by atoms with E-state index >= 15 is 0 Å². The van der Waals surface area contributed by atoms with Crippen molar-refractivity contribution in [2.75, 3.05) is 39.4 Å². The highest BCUT2D eigenvalue weighted by Crippen LogP contribution is 2.32. The lowest BCUT2D eigenvalue weighted by atomic mass is 10.0. The SMILES string of the molecule is CCOc1cc([C@H](CCO)N2CCNCC2)ccc1O. The van der Waals surface area contributed by atoms with Crippen LogP contribution in [0.4, 0.5) is 0 Å². The number of hydrogen-bond acceptors (Lipinski definition) is 5. The molecule has 0 spiro atoms. The fraction of sp³-hybridized carbons (Fsp3) is 0.600. The number of nitrogens with one attached hydrogen (secondary N) is 1. The minimum absolute atomic E-state index is 0.152. The van der Waals surface area contributed by atoms with Gasteiger partial charge in [0.15, 0.2) is 11.5 Å². The van der Waals surface area contributed by atoms with Crippen LogP contribution in [0.1, 0.15) is 24.9 Å². The van der Waals surface area contributed by atoms with Crippen LogP contribution in [0.5, 0.6) is 11.5 Å². The number of phenolic OH excluding ortho intramolecular Hbond substituents is 1. The number of benzene rings is 1. The van der Waals surface area contributed by atoms with Crippen molar-refractivity contribution < 1.29 is 14.9 Å². The summed E-state index contributed by atoms with van der Waals surface area (Å²) in [6.45, 7) is 6.45. The first-order chi connectivity index (χ1) is 9.76. The molecule has 0 bridgehead atoms. The second kappa shape index (κ2) is 7.47. The zero-order valence-electron chi connectivity index (χ0n) is 12.0. The molecule has 0 aliphatic carbocycles. The maximum absolute atomic E-state index is 9.79. The quantitative estimate of drug-likeness (QED) is 0.729. The van der Waals surface area contributed by atoms with Crippen LogP contribution in [-0.4, -0.2) is 54.5 Å². The Morgan fingerprint density at radius 2 is 2.10 bits per heavy atom. The van der Waals surface area contributed by atoms with Crippen LogP contribution in [0.15, 0.2) is 18.2 Å². The normalized spacial score (nSPS) is 17.9. The smallest absolute Gasteiger partial charge is 0.161 e. The maximum Gasteiger partial charge on any atom is 0.161 e. The third-order valence-corrected chi connectivity index (χ3v) is 3.66. The van der Waals surface area contributed by atoms with E-state index in [0.29, 0.717) is 18.8 Å². The van der Waals surface area contributed by atoms with Gasteiger partial charge in [0.05, 0.1) is 6.61 Å². The highest BCUT2D eigenvalue weighted by Gasteiger charge is 2.22. The number of piperazine rings is 1. The van der Waals surface area contributed by atoms with E-state index in [-0.39, 0.29) is 18.4 Å². The van der Waals surface area contributed by atoms with Crippen molar-refractivity contribution in [3.63, 3.8) is 0 Å². The Bertz CT molecular complexity index is 420. The van der Waals surface area contributed by atoms with E-state index in [9.17, 15) is 10.2 Å². The van der Waals surface area contributed by atoms with E-state index in [4.69, 9.17) is 4.74 Å². The molecular weight excluding hydrogens is 256 g/mol. The Kier molecular flexibility index (Phi) is 5.64. The number of nitrogens with zero attached hydrogens (tertiary/aromatic N) is 1. The first kappa shape index (κ1) is 15.1. The molecular formula is C15H24N2O3. The predicted octanol–water partition coefficient (Wildman–Crippen LogP) is 1.12. The summed E-state index contributed by atoms with van der Waals surface area (Å²) in [4.78, 5) is 2.37. The van der Waals surface area contributed by atoms with Gasteiger partial charge in [-0.25, -0.2) is 0 Å². The summed E-state index contributed by atoms with van der Waals surface area (Å²) in [5, 5.41) is 22.5. The third-order valence-electron chi connectivity index (χ3n) is 3.66. The molecule has 5 nitrogen and oxygen atoms in total. The molecule has 1 saturated heterocycles. The van der Waals surface area contributed by atoms with Crippen molar-refractivity contribution in [1.29, 1.82) is 0 Å². The van der Waals surface area contributed by atoms with Crippen molar-refractivity contribution >= 4 is 0 Å². The summed E-state index contributed by atoms with van der Waals surface area (Å²) in [5.74, 6) is 0.682. The standard InChI is InChI=1S/C15H24N2O3/c1-2-20-15-11-12(3-4-14(15)19)13(5-10-18)17-8-6-16-7-9-17/h3-4,11,13,16,18-19H,2,5-10H2,1H3/t13-/m0/s1. The first-order valence-electron chi connectivity index (χ1n) is 7.27. The van der Waals surface area contributed by atoms with Gasteiger partial charge < -0.3 is 20.3 Å². The summed E-state index contributed by atoms with van der Waals surface area (Å²) in [6.07, 6.45) is 0.691. The Balaban J connectivity index is 2.21. The molecule has 2 rings (SSSR count). The fourth-order valence-corrected chi connectivity index (χ4v) is 2.69. The second-order valence-electron chi connectivity index (χ2n) is 4.97. The Morgan fingerprint density at radius 3 is 2.75 bits per heavy atom. The molecule has 20 heavy (non-hydrogen) atoms. The van der Waals surface area contributed by atoms with Gasteiger partial charge in [-0.15, -0.1) is 0 Å². The molecule has 112 valence electrons. The molecule has 0 amide bonds. The summed E-state index contributed by atoms with van der Waals surface area (Å²) in [7, 11) is 0. The zero-order valence-corrected chi connectivity index (χ0v) is 12.0. The van der Waals surface area contributed by atoms with Gasteiger partial charge in [-0.2, -0.15) is 0 Å². The molecule has 0 unspecified atom stereocenters. The molecule has 1 atom stereocenters. The van der Waals surface area contributed by atoms with Crippen molar-refractivity contribution in [1.82, 2.24) is 10.2 Å².